The first-order valence-corrected chi connectivity index (χ1v) is 16.9. The highest BCUT2D eigenvalue weighted by atomic mass is 19.1. The number of aryl methyl sites for hydroxylation is 1. The van der Waals surface area contributed by atoms with E-state index in [9.17, 15) is 0 Å². The summed E-state index contributed by atoms with van der Waals surface area (Å²) in [5.74, 6) is 1.03. The second kappa shape index (κ2) is 14.3. The number of alkyl halides is 1. The third-order valence-corrected chi connectivity index (χ3v) is 10.4. The number of hydrogen-bond acceptors (Lipinski definition) is 3. The summed E-state index contributed by atoms with van der Waals surface area (Å²) in [6.45, 7) is 19.7. The molecule has 0 aliphatic heterocycles. The van der Waals surface area contributed by atoms with Crippen molar-refractivity contribution in [2.45, 2.75) is 118 Å². The van der Waals surface area contributed by atoms with Crippen LogP contribution in [0.15, 0.2) is 59.9 Å². The summed E-state index contributed by atoms with van der Waals surface area (Å²) in [6, 6.07) is 13.0. The molecule has 2 saturated carbocycles. The van der Waals surface area contributed by atoms with Crippen LogP contribution in [0.1, 0.15) is 111 Å². The zero-order chi connectivity index (χ0) is 30.3. The Morgan fingerprint density at radius 1 is 1.12 bits per heavy atom. The normalized spacial score (nSPS) is 26.3. The summed E-state index contributed by atoms with van der Waals surface area (Å²) in [6.07, 6.45) is 13.7. The molecular formula is C38H56FN3. The third-order valence-electron chi connectivity index (χ3n) is 10.4. The number of halogens is 1. The zero-order valence-corrected chi connectivity index (χ0v) is 27.4. The summed E-state index contributed by atoms with van der Waals surface area (Å²) in [7, 11) is 0. The minimum Gasteiger partial charge on any atom is -0.345 e. The smallest absolute Gasteiger partial charge is 0.119 e. The fourth-order valence-electron chi connectivity index (χ4n) is 7.60. The first kappa shape index (κ1) is 32.4. The van der Waals surface area contributed by atoms with E-state index >= 15 is 4.39 Å². The maximum Gasteiger partial charge on any atom is 0.119 e. The maximum absolute atomic E-state index is 15.4. The minimum absolute atomic E-state index is 0.0891. The molecule has 5 unspecified atom stereocenters. The van der Waals surface area contributed by atoms with Crippen molar-refractivity contribution in [3.8, 4) is 11.3 Å². The molecule has 4 heteroatoms. The third kappa shape index (κ3) is 7.53. The van der Waals surface area contributed by atoms with Gasteiger partial charge < -0.3 is 4.90 Å². The Morgan fingerprint density at radius 2 is 1.93 bits per heavy atom. The van der Waals surface area contributed by atoms with Gasteiger partial charge in [0, 0.05) is 47.9 Å². The molecule has 1 aromatic carbocycles. The first-order valence-electron chi connectivity index (χ1n) is 16.9. The predicted molar refractivity (Wildman–Crippen MR) is 179 cm³/mol. The molecule has 1 aromatic heterocycles. The molecule has 0 amide bonds. The number of allylic oxidation sites excluding steroid dienone is 1. The van der Waals surface area contributed by atoms with Crippen molar-refractivity contribution in [1.82, 2.24) is 4.98 Å². The average molecular weight is 574 g/mol. The van der Waals surface area contributed by atoms with Gasteiger partial charge in [-0.1, -0.05) is 72.6 Å². The molecule has 1 heterocycles. The number of aliphatic imine (C=N–C) groups is 1. The molecule has 0 spiro atoms. The van der Waals surface area contributed by atoms with Crippen LogP contribution in [-0.4, -0.2) is 29.5 Å². The summed E-state index contributed by atoms with van der Waals surface area (Å²) in [5, 5.41) is 0. The van der Waals surface area contributed by atoms with Crippen molar-refractivity contribution < 1.29 is 4.39 Å². The molecule has 4 rings (SSSR count). The Morgan fingerprint density at radius 3 is 2.62 bits per heavy atom. The van der Waals surface area contributed by atoms with Crippen LogP contribution in [0, 0.1) is 23.2 Å². The van der Waals surface area contributed by atoms with Gasteiger partial charge >= 0.3 is 0 Å². The molecule has 2 aliphatic carbocycles. The Kier molecular flexibility index (Phi) is 11.1. The van der Waals surface area contributed by atoms with Crippen molar-refractivity contribution in [3.05, 3.63) is 60.4 Å². The lowest BCUT2D eigenvalue weighted by Gasteiger charge is -2.36. The van der Waals surface area contributed by atoms with Crippen LogP contribution in [-0.2, 0) is 6.42 Å². The summed E-state index contributed by atoms with van der Waals surface area (Å²) in [5.41, 5.74) is 6.02. The largest absolute Gasteiger partial charge is 0.345 e. The lowest BCUT2D eigenvalue weighted by Crippen LogP contribution is -2.32. The molecule has 2 fully saturated rings. The van der Waals surface area contributed by atoms with Crippen molar-refractivity contribution in [3.63, 3.8) is 0 Å². The molecule has 0 N–H and O–H groups in total. The van der Waals surface area contributed by atoms with Crippen LogP contribution in [0.5, 0.6) is 0 Å². The summed E-state index contributed by atoms with van der Waals surface area (Å²) >= 11 is 0. The standard InChI is InChI=1S/C38H56FN3/c1-8-13-29(6)41-26-28(5)37(19-10-3)20-17-32(24-37)27-42(30(7)35-25-38(35,39)11-4)34-16-12-15-33(23-34)36-22-31(14-9-2)18-21-40-36/h12,15-16,18,21-23,28,32,35H,7-11,13-14,17,19-20,24-27H2,1-6H3. The predicted octanol–water partition coefficient (Wildman–Crippen LogP) is 10.6. The maximum atomic E-state index is 15.4. The van der Waals surface area contributed by atoms with Crippen LogP contribution in [0.2, 0.25) is 0 Å². The second-order valence-corrected chi connectivity index (χ2v) is 13.5. The highest BCUT2D eigenvalue weighted by Crippen LogP contribution is 2.56. The number of nitrogens with zero attached hydrogens (tertiary/aromatic N) is 3. The van der Waals surface area contributed by atoms with Gasteiger partial charge in [-0.05, 0) is 105 Å². The molecule has 5 atom stereocenters. The van der Waals surface area contributed by atoms with E-state index in [0.29, 0.717) is 30.1 Å². The van der Waals surface area contributed by atoms with Crippen LogP contribution < -0.4 is 4.90 Å². The van der Waals surface area contributed by atoms with E-state index in [2.05, 4.69) is 82.5 Å². The van der Waals surface area contributed by atoms with Crippen LogP contribution in [0.25, 0.3) is 11.3 Å². The molecular weight excluding hydrogens is 517 g/mol. The second-order valence-electron chi connectivity index (χ2n) is 13.5. The molecule has 3 nitrogen and oxygen atoms in total. The average Bonchev–Trinajstić information content (AvgIpc) is 3.52. The van der Waals surface area contributed by atoms with Crippen molar-refractivity contribution in [2.24, 2.45) is 28.2 Å². The molecule has 0 bridgehead atoms. The van der Waals surface area contributed by atoms with E-state index in [1.54, 1.807) is 0 Å². The van der Waals surface area contributed by atoms with E-state index in [0.717, 1.165) is 61.4 Å². The number of pyridine rings is 1. The molecule has 2 aliphatic rings. The summed E-state index contributed by atoms with van der Waals surface area (Å²) in [4.78, 5) is 12.1. The van der Waals surface area contributed by atoms with E-state index in [4.69, 9.17) is 9.98 Å². The van der Waals surface area contributed by atoms with Gasteiger partial charge in [-0.3, -0.25) is 9.98 Å². The summed E-state index contributed by atoms with van der Waals surface area (Å²) < 4.78 is 15.4. The lowest BCUT2D eigenvalue weighted by molar-refractivity contribution is 0.161. The van der Waals surface area contributed by atoms with E-state index in [1.165, 1.54) is 43.4 Å². The van der Waals surface area contributed by atoms with Gasteiger partial charge in [0.1, 0.15) is 5.67 Å². The molecule has 2 aromatic rings. The van der Waals surface area contributed by atoms with Gasteiger partial charge in [0.25, 0.3) is 0 Å². The van der Waals surface area contributed by atoms with Crippen LogP contribution in [0.3, 0.4) is 0 Å². The number of benzene rings is 1. The van der Waals surface area contributed by atoms with Gasteiger partial charge in [0.2, 0.25) is 0 Å². The van der Waals surface area contributed by atoms with Gasteiger partial charge in [0.05, 0.1) is 5.69 Å². The highest BCUT2D eigenvalue weighted by molar-refractivity contribution is 5.81. The molecule has 42 heavy (non-hydrogen) atoms. The van der Waals surface area contributed by atoms with E-state index in [1.807, 2.05) is 13.1 Å². The Bertz CT molecular complexity index is 1220. The van der Waals surface area contributed by atoms with Gasteiger partial charge in [-0.15, -0.1) is 0 Å². The number of anilines is 1. The van der Waals surface area contributed by atoms with Crippen molar-refractivity contribution >= 4 is 11.4 Å². The monoisotopic (exact) mass is 573 g/mol. The quantitative estimate of drug-likeness (QED) is 0.187. The SMILES string of the molecule is C=C(C1CC1(F)CC)N(CC1CCC(CCC)(C(C)CN=C(C)CCC)C1)c1cccc(-c2cc(CCC)ccn2)c1. The number of rotatable bonds is 16. The molecule has 0 radical (unpaired) electrons. The van der Waals surface area contributed by atoms with Crippen LogP contribution in [0.4, 0.5) is 10.1 Å². The molecule has 0 saturated heterocycles. The van der Waals surface area contributed by atoms with Gasteiger partial charge in [0.15, 0.2) is 0 Å². The molecule has 230 valence electrons. The van der Waals surface area contributed by atoms with Crippen LogP contribution >= 0.6 is 0 Å². The minimum atomic E-state index is -1.10. The van der Waals surface area contributed by atoms with Gasteiger partial charge in [-0.2, -0.15) is 0 Å². The first-order chi connectivity index (χ1) is 20.2. The van der Waals surface area contributed by atoms with E-state index < -0.39 is 5.67 Å². The zero-order valence-electron chi connectivity index (χ0n) is 27.4. The fraction of sp³-hybridized carbons (Fsp3) is 0.632. The lowest BCUT2D eigenvalue weighted by atomic mass is 9.71. The Balaban J connectivity index is 1.59. The van der Waals surface area contributed by atoms with Crippen molar-refractivity contribution in [1.29, 1.82) is 0 Å². The topological polar surface area (TPSA) is 28.5 Å². The fourth-order valence-corrected chi connectivity index (χ4v) is 7.60. The highest BCUT2D eigenvalue weighted by Gasteiger charge is 2.56. The number of aromatic nitrogens is 1. The van der Waals surface area contributed by atoms with Gasteiger partial charge in [-0.25, -0.2) is 4.39 Å². The van der Waals surface area contributed by atoms with Crippen molar-refractivity contribution in [2.75, 3.05) is 18.0 Å². The number of hydrogen-bond donors (Lipinski definition) is 0. The Hall–Kier alpha value is -2.49. The van der Waals surface area contributed by atoms with E-state index in [-0.39, 0.29) is 5.92 Å². The Labute approximate surface area is 256 Å².